The number of anilines is 1. The highest BCUT2D eigenvalue weighted by Crippen LogP contribution is 2.40. The van der Waals surface area contributed by atoms with Gasteiger partial charge in [-0.25, -0.2) is 4.39 Å². The number of carbonyl (C=O) groups is 1. The van der Waals surface area contributed by atoms with E-state index in [0.29, 0.717) is 22.5 Å². The zero-order valence-electron chi connectivity index (χ0n) is 15.4. The van der Waals surface area contributed by atoms with Crippen molar-refractivity contribution in [3.05, 3.63) is 59.9 Å². The first kappa shape index (κ1) is 17.3. The summed E-state index contributed by atoms with van der Waals surface area (Å²) in [6.45, 7) is 5.16. The molecule has 2 heterocycles. The maximum absolute atomic E-state index is 13.3. The fourth-order valence-corrected chi connectivity index (χ4v) is 3.67. The minimum Gasteiger partial charge on any atom is -0.455 e. The number of hydrogen-bond donors (Lipinski definition) is 1. The number of furan rings is 1. The Bertz CT molecular complexity index is 1050. The van der Waals surface area contributed by atoms with Crippen molar-refractivity contribution in [2.75, 3.05) is 25.5 Å². The van der Waals surface area contributed by atoms with E-state index in [9.17, 15) is 9.18 Å². The third-order valence-corrected chi connectivity index (χ3v) is 5.13. The fraction of sp³-hybridized carbons (Fsp3) is 0.227. The molecule has 1 aliphatic heterocycles. The molecule has 27 heavy (non-hydrogen) atoms. The van der Waals surface area contributed by atoms with Gasteiger partial charge < -0.3 is 14.6 Å². The monoisotopic (exact) mass is 364 g/mol. The van der Waals surface area contributed by atoms with Crippen molar-refractivity contribution in [1.82, 2.24) is 5.32 Å². The van der Waals surface area contributed by atoms with Crippen molar-refractivity contribution in [3.63, 3.8) is 0 Å². The Balaban J connectivity index is 2.01. The number of halogens is 1. The summed E-state index contributed by atoms with van der Waals surface area (Å²) >= 11 is 0. The molecule has 0 radical (unpaired) electrons. The van der Waals surface area contributed by atoms with Crippen LogP contribution in [-0.4, -0.2) is 26.5 Å². The zero-order valence-corrected chi connectivity index (χ0v) is 15.4. The van der Waals surface area contributed by atoms with Crippen LogP contribution >= 0.6 is 0 Å². The van der Waals surface area contributed by atoms with Gasteiger partial charge in [0.1, 0.15) is 17.2 Å². The molecule has 0 saturated carbocycles. The first-order chi connectivity index (χ1) is 13.0. The molecule has 1 aromatic heterocycles. The standard InChI is InChI=1S/C22H21FN2O2/c1-13-5-4-10-25(3)18-12-19-17(11-16(13)18)20(22(26)24-2)21(27-19)14-6-8-15(23)9-7-14/h6-9,11-12H,1,4-5,10H2,2-3H3,(H,24,26). The van der Waals surface area contributed by atoms with Crippen LogP contribution in [-0.2, 0) is 0 Å². The molecule has 3 aromatic rings. The van der Waals surface area contributed by atoms with Gasteiger partial charge in [0.05, 0.1) is 5.56 Å². The molecule has 1 aliphatic rings. The van der Waals surface area contributed by atoms with Gasteiger partial charge in [-0.3, -0.25) is 4.79 Å². The average Bonchev–Trinajstić information content (AvgIpc) is 2.98. The van der Waals surface area contributed by atoms with E-state index >= 15 is 0 Å². The topological polar surface area (TPSA) is 45.5 Å². The predicted octanol–water partition coefficient (Wildman–Crippen LogP) is 4.84. The van der Waals surface area contributed by atoms with Crippen LogP contribution in [0.15, 0.2) is 47.4 Å². The minimum absolute atomic E-state index is 0.236. The number of fused-ring (bicyclic) bond motifs is 2. The fourth-order valence-electron chi connectivity index (χ4n) is 3.67. The Morgan fingerprint density at radius 3 is 2.70 bits per heavy atom. The molecule has 0 atom stereocenters. The molecule has 138 valence electrons. The van der Waals surface area contributed by atoms with Gasteiger partial charge in [0.15, 0.2) is 0 Å². The summed E-state index contributed by atoms with van der Waals surface area (Å²) in [7, 11) is 3.64. The summed E-state index contributed by atoms with van der Waals surface area (Å²) in [6, 6.07) is 9.93. The SMILES string of the molecule is C=C1CCCN(C)c2cc3oc(-c4ccc(F)cc4)c(C(=O)NC)c3cc21. The van der Waals surface area contributed by atoms with Crippen LogP contribution in [0.5, 0.6) is 0 Å². The van der Waals surface area contributed by atoms with Gasteiger partial charge in [-0.05, 0) is 48.7 Å². The van der Waals surface area contributed by atoms with Crippen LogP contribution in [0.4, 0.5) is 10.1 Å². The van der Waals surface area contributed by atoms with Gasteiger partial charge >= 0.3 is 0 Å². The molecular formula is C22H21FN2O2. The number of allylic oxidation sites excluding steroid dienone is 1. The number of carbonyl (C=O) groups excluding carboxylic acids is 1. The summed E-state index contributed by atoms with van der Waals surface area (Å²) in [5.74, 6) is -0.126. The van der Waals surface area contributed by atoms with Crippen molar-refractivity contribution in [2.45, 2.75) is 12.8 Å². The third-order valence-electron chi connectivity index (χ3n) is 5.13. The van der Waals surface area contributed by atoms with Crippen molar-refractivity contribution >= 4 is 28.1 Å². The molecule has 1 amide bonds. The van der Waals surface area contributed by atoms with Gasteiger partial charge in [-0.1, -0.05) is 6.58 Å². The van der Waals surface area contributed by atoms with Gasteiger partial charge in [-0.15, -0.1) is 0 Å². The lowest BCUT2D eigenvalue weighted by Gasteiger charge is -2.19. The van der Waals surface area contributed by atoms with Crippen molar-refractivity contribution < 1.29 is 13.6 Å². The Labute approximate surface area is 157 Å². The molecule has 0 saturated heterocycles. The summed E-state index contributed by atoms with van der Waals surface area (Å²) < 4.78 is 19.4. The predicted molar refractivity (Wildman–Crippen MR) is 107 cm³/mol. The summed E-state index contributed by atoms with van der Waals surface area (Å²) in [4.78, 5) is 14.8. The van der Waals surface area contributed by atoms with Crippen LogP contribution < -0.4 is 10.2 Å². The van der Waals surface area contributed by atoms with E-state index < -0.39 is 0 Å². The summed E-state index contributed by atoms with van der Waals surface area (Å²) in [5.41, 5.74) is 4.90. The van der Waals surface area contributed by atoms with E-state index in [1.54, 1.807) is 19.2 Å². The van der Waals surface area contributed by atoms with Gasteiger partial charge in [0, 0.05) is 48.9 Å². The van der Waals surface area contributed by atoms with Crippen molar-refractivity contribution in [3.8, 4) is 11.3 Å². The number of rotatable bonds is 2. The number of benzene rings is 2. The maximum atomic E-state index is 13.3. The lowest BCUT2D eigenvalue weighted by atomic mass is 9.98. The molecule has 0 unspecified atom stereocenters. The van der Waals surface area contributed by atoms with Crippen molar-refractivity contribution in [1.29, 1.82) is 0 Å². The second-order valence-corrected chi connectivity index (χ2v) is 6.89. The Kier molecular flexibility index (Phi) is 4.22. The van der Waals surface area contributed by atoms with E-state index in [1.807, 2.05) is 19.2 Å². The molecule has 0 bridgehead atoms. The van der Waals surface area contributed by atoms with Crippen LogP contribution in [0.1, 0.15) is 28.8 Å². The van der Waals surface area contributed by atoms with Crippen LogP contribution in [0.3, 0.4) is 0 Å². The molecule has 2 aromatic carbocycles. The van der Waals surface area contributed by atoms with Crippen LogP contribution in [0.25, 0.3) is 27.9 Å². The third kappa shape index (κ3) is 2.89. The second kappa shape index (κ2) is 6.58. The van der Waals surface area contributed by atoms with E-state index in [0.717, 1.165) is 41.6 Å². The average molecular weight is 364 g/mol. The van der Waals surface area contributed by atoms with Crippen molar-refractivity contribution in [2.24, 2.45) is 0 Å². The lowest BCUT2D eigenvalue weighted by molar-refractivity contribution is 0.0964. The largest absolute Gasteiger partial charge is 0.455 e. The first-order valence-electron chi connectivity index (χ1n) is 8.97. The molecule has 4 nitrogen and oxygen atoms in total. The maximum Gasteiger partial charge on any atom is 0.255 e. The van der Waals surface area contributed by atoms with Gasteiger partial charge in [0.2, 0.25) is 0 Å². The van der Waals surface area contributed by atoms with Crippen LogP contribution in [0.2, 0.25) is 0 Å². The Morgan fingerprint density at radius 1 is 1.26 bits per heavy atom. The summed E-state index contributed by atoms with van der Waals surface area (Å²) in [6.07, 6.45) is 1.95. The Morgan fingerprint density at radius 2 is 2.00 bits per heavy atom. The number of hydrogen-bond acceptors (Lipinski definition) is 3. The molecule has 0 fully saturated rings. The first-order valence-corrected chi connectivity index (χ1v) is 8.97. The molecule has 1 N–H and O–H groups in total. The van der Waals surface area contributed by atoms with E-state index in [1.165, 1.54) is 12.1 Å². The second-order valence-electron chi connectivity index (χ2n) is 6.89. The highest BCUT2D eigenvalue weighted by atomic mass is 19.1. The molecule has 5 heteroatoms. The number of nitrogens with one attached hydrogen (secondary N) is 1. The smallest absolute Gasteiger partial charge is 0.255 e. The van der Waals surface area contributed by atoms with Gasteiger partial charge in [-0.2, -0.15) is 0 Å². The zero-order chi connectivity index (χ0) is 19.1. The number of nitrogens with zero attached hydrogens (tertiary/aromatic N) is 1. The van der Waals surface area contributed by atoms with E-state index in [2.05, 4.69) is 16.8 Å². The lowest BCUT2D eigenvalue weighted by Crippen LogP contribution is -2.18. The highest BCUT2D eigenvalue weighted by Gasteiger charge is 2.25. The Hall–Kier alpha value is -3.08. The quantitative estimate of drug-likeness (QED) is 0.708. The number of amides is 1. The molecule has 0 spiro atoms. The summed E-state index contributed by atoms with van der Waals surface area (Å²) in [5, 5.41) is 3.43. The van der Waals surface area contributed by atoms with Gasteiger partial charge in [0.25, 0.3) is 5.91 Å². The van der Waals surface area contributed by atoms with E-state index in [4.69, 9.17) is 4.42 Å². The molecule has 4 rings (SSSR count). The van der Waals surface area contributed by atoms with Crippen LogP contribution in [0, 0.1) is 5.82 Å². The molecule has 0 aliphatic carbocycles. The highest BCUT2D eigenvalue weighted by molar-refractivity contribution is 6.12. The molecular weight excluding hydrogens is 343 g/mol. The van der Waals surface area contributed by atoms with E-state index in [-0.39, 0.29) is 11.7 Å². The normalized spacial score (nSPS) is 14.2. The minimum atomic E-state index is -0.332.